The van der Waals surface area contributed by atoms with E-state index in [1.807, 2.05) is 24.3 Å². The lowest BCUT2D eigenvalue weighted by atomic mass is 10.0. The number of rotatable bonds is 4. The van der Waals surface area contributed by atoms with Crippen molar-refractivity contribution in [1.82, 2.24) is 9.29 Å². The van der Waals surface area contributed by atoms with Crippen LogP contribution < -0.4 is 5.32 Å². The smallest absolute Gasteiger partial charge is 0.352 e. The fourth-order valence-electron chi connectivity index (χ4n) is 4.07. The molecular weight excluding hydrogens is 430 g/mol. The second kappa shape index (κ2) is 7.47. The molecule has 162 valence electrons. The van der Waals surface area contributed by atoms with Crippen LogP contribution in [0.15, 0.2) is 59.5 Å². The molecule has 5 rings (SSSR count). The van der Waals surface area contributed by atoms with E-state index in [-0.39, 0.29) is 22.1 Å². The van der Waals surface area contributed by atoms with Crippen LogP contribution in [0.5, 0.6) is 0 Å². The zero-order valence-electron chi connectivity index (χ0n) is 16.8. The third-order valence-electron chi connectivity index (χ3n) is 5.75. The SMILES string of the molecule is O=C1Nc2ccc(S(=O)(=O)N3CCc4ccccc4C3)cc2C1=Cc1ccc(C(=O)O)[nH]1. The summed E-state index contributed by atoms with van der Waals surface area (Å²) in [6.45, 7) is 0.687. The van der Waals surface area contributed by atoms with Crippen molar-refractivity contribution in [2.45, 2.75) is 17.9 Å². The van der Waals surface area contributed by atoms with E-state index in [1.165, 1.54) is 28.6 Å². The number of nitrogens with zero attached hydrogens (tertiary/aromatic N) is 1. The molecule has 2 aromatic carbocycles. The summed E-state index contributed by atoms with van der Waals surface area (Å²) in [4.78, 5) is 26.4. The maximum absolute atomic E-state index is 13.4. The molecule has 3 aromatic rings. The van der Waals surface area contributed by atoms with E-state index in [9.17, 15) is 18.0 Å². The molecule has 2 aliphatic heterocycles. The fraction of sp³-hybridized carbons (Fsp3) is 0.130. The summed E-state index contributed by atoms with van der Waals surface area (Å²) in [6.07, 6.45) is 2.16. The van der Waals surface area contributed by atoms with Gasteiger partial charge in [0.25, 0.3) is 5.91 Å². The predicted molar refractivity (Wildman–Crippen MR) is 118 cm³/mol. The van der Waals surface area contributed by atoms with Crippen LogP contribution in [0.25, 0.3) is 11.6 Å². The lowest BCUT2D eigenvalue weighted by Gasteiger charge is -2.28. The summed E-state index contributed by atoms with van der Waals surface area (Å²) in [6, 6.07) is 15.3. The maximum atomic E-state index is 13.4. The summed E-state index contributed by atoms with van der Waals surface area (Å²) in [5.74, 6) is -1.49. The van der Waals surface area contributed by atoms with Gasteiger partial charge in [0.05, 0.1) is 10.5 Å². The van der Waals surface area contributed by atoms with Crippen LogP contribution in [0.2, 0.25) is 0 Å². The van der Waals surface area contributed by atoms with Crippen LogP contribution in [0.1, 0.15) is 32.9 Å². The highest BCUT2D eigenvalue weighted by Crippen LogP contribution is 2.36. The number of nitrogens with one attached hydrogen (secondary N) is 2. The van der Waals surface area contributed by atoms with Crippen molar-refractivity contribution < 1.29 is 23.1 Å². The topological polar surface area (TPSA) is 120 Å². The number of amides is 1. The number of H-pyrrole nitrogens is 1. The number of carboxylic acids is 1. The first-order valence-corrected chi connectivity index (χ1v) is 11.4. The van der Waals surface area contributed by atoms with Gasteiger partial charge in [0.15, 0.2) is 0 Å². The lowest BCUT2D eigenvalue weighted by Crippen LogP contribution is -2.35. The summed E-state index contributed by atoms with van der Waals surface area (Å²) in [5, 5.41) is 11.8. The highest BCUT2D eigenvalue weighted by atomic mass is 32.2. The number of hydrogen-bond acceptors (Lipinski definition) is 4. The minimum atomic E-state index is -3.77. The van der Waals surface area contributed by atoms with Gasteiger partial charge in [-0.15, -0.1) is 0 Å². The summed E-state index contributed by atoms with van der Waals surface area (Å²) >= 11 is 0. The zero-order chi connectivity index (χ0) is 22.5. The lowest BCUT2D eigenvalue weighted by molar-refractivity contribution is -0.110. The molecule has 2 aliphatic rings. The largest absolute Gasteiger partial charge is 0.477 e. The second-order valence-corrected chi connectivity index (χ2v) is 9.65. The number of aromatic nitrogens is 1. The molecule has 32 heavy (non-hydrogen) atoms. The average Bonchev–Trinajstić information content (AvgIpc) is 3.38. The first-order valence-electron chi connectivity index (χ1n) is 9.99. The highest BCUT2D eigenvalue weighted by molar-refractivity contribution is 7.89. The molecule has 0 saturated carbocycles. The van der Waals surface area contributed by atoms with Crippen LogP contribution in [-0.2, 0) is 27.8 Å². The normalized spacial score (nSPS) is 17.1. The number of anilines is 1. The summed E-state index contributed by atoms with van der Waals surface area (Å²) in [7, 11) is -3.77. The Morgan fingerprint density at radius 3 is 2.59 bits per heavy atom. The standard InChI is InChI=1S/C23H19N3O5S/c27-22-19(11-16-5-7-21(24-16)23(28)29)18-12-17(6-8-20(18)25-22)32(30,31)26-10-9-14-3-1-2-4-15(14)13-26/h1-8,11-12,24H,9-10,13H2,(H,25,27)(H,28,29). The van der Waals surface area contributed by atoms with Gasteiger partial charge in [-0.05, 0) is 54.0 Å². The minimum Gasteiger partial charge on any atom is -0.477 e. The molecule has 0 atom stereocenters. The average molecular weight is 449 g/mol. The number of carboxylic acid groups (broad SMARTS) is 1. The zero-order valence-corrected chi connectivity index (χ0v) is 17.6. The number of aromatic carboxylic acids is 1. The van der Waals surface area contributed by atoms with Crippen molar-refractivity contribution in [2.24, 2.45) is 0 Å². The number of carbonyl (C=O) groups is 2. The van der Waals surface area contributed by atoms with E-state index >= 15 is 0 Å². The molecular formula is C23H19N3O5S. The Bertz CT molecular complexity index is 1400. The molecule has 1 amide bonds. The third kappa shape index (κ3) is 3.41. The predicted octanol–water partition coefficient (Wildman–Crippen LogP) is 2.95. The number of aromatic amines is 1. The van der Waals surface area contributed by atoms with Gasteiger partial charge in [-0.2, -0.15) is 4.31 Å². The van der Waals surface area contributed by atoms with Gasteiger partial charge in [0, 0.05) is 30.0 Å². The Hall–Kier alpha value is -3.69. The molecule has 0 aliphatic carbocycles. The monoisotopic (exact) mass is 449 g/mol. The molecule has 0 unspecified atom stereocenters. The Kier molecular flexibility index (Phi) is 4.72. The van der Waals surface area contributed by atoms with Gasteiger partial charge in [-0.1, -0.05) is 24.3 Å². The first-order chi connectivity index (χ1) is 15.3. The third-order valence-corrected chi connectivity index (χ3v) is 7.59. The molecule has 0 saturated heterocycles. The van der Waals surface area contributed by atoms with Crippen LogP contribution in [0.4, 0.5) is 5.69 Å². The number of fused-ring (bicyclic) bond motifs is 2. The Morgan fingerprint density at radius 1 is 1.06 bits per heavy atom. The number of carbonyl (C=O) groups excluding carboxylic acids is 1. The molecule has 8 nitrogen and oxygen atoms in total. The number of hydrogen-bond donors (Lipinski definition) is 3. The molecule has 0 fully saturated rings. The van der Waals surface area contributed by atoms with Gasteiger partial charge in [0.2, 0.25) is 10.0 Å². The van der Waals surface area contributed by atoms with E-state index in [0.717, 1.165) is 11.1 Å². The van der Waals surface area contributed by atoms with Crippen LogP contribution in [0.3, 0.4) is 0 Å². The van der Waals surface area contributed by atoms with Crippen molar-refractivity contribution in [1.29, 1.82) is 0 Å². The molecule has 3 heterocycles. The molecule has 3 N–H and O–H groups in total. The number of benzene rings is 2. The van der Waals surface area contributed by atoms with E-state index in [4.69, 9.17) is 5.11 Å². The molecule has 0 radical (unpaired) electrons. The van der Waals surface area contributed by atoms with Gasteiger partial charge in [0.1, 0.15) is 5.69 Å². The summed E-state index contributed by atoms with van der Waals surface area (Å²) < 4.78 is 28.2. The Morgan fingerprint density at radius 2 is 1.84 bits per heavy atom. The highest BCUT2D eigenvalue weighted by Gasteiger charge is 2.31. The van der Waals surface area contributed by atoms with E-state index in [0.29, 0.717) is 36.5 Å². The maximum Gasteiger partial charge on any atom is 0.352 e. The quantitative estimate of drug-likeness (QED) is 0.529. The molecule has 9 heteroatoms. The van der Waals surface area contributed by atoms with Gasteiger partial charge < -0.3 is 15.4 Å². The Balaban J connectivity index is 1.50. The number of sulfonamides is 1. The van der Waals surface area contributed by atoms with Crippen LogP contribution in [0, 0.1) is 0 Å². The van der Waals surface area contributed by atoms with Gasteiger partial charge >= 0.3 is 5.97 Å². The van der Waals surface area contributed by atoms with Gasteiger partial charge in [-0.25, -0.2) is 13.2 Å². The van der Waals surface area contributed by atoms with Crippen molar-refractivity contribution in [3.8, 4) is 0 Å². The van der Waals surface area contributed by atoms with Crippen molar-refractivity contribution in [3.05, 3.63) is 82.7 Å². The summed E-state index contributed by atoms with van der Waals surface area (Å²) in [5.41, 5.74) is 3.80. The fourth-order valence-corrected chi connectivity index (χ4v) is 5.52. The molecule has 1 aromatic heterocycles. The van der Waals surface area contributed by atoms with E-state index in [1.54, 1.807) is 12.1 Å². The Labute approximate surface area is 184 Å². The van der Waals surface area contributed by atoms with Crippen molar-refractivity contribution >= 4 is 39.2 Å². The minimum absolute atomic E-state index is 0.00260. The first kappa shape index (κ1) is 20.2. The van der Waals surface area contributed by atoms with Crippen LogP contribution in [-0.4, -0.2) is 41.2 Å². The molecule has 0 spiro atoms. The van der Waals surface area contributed by atoms with E-state index < -0.39 is 16.0 Å². The second-order valence-electron chi connectivity index (χ2n) is 7.71. The van der Waals surface area contributed by atoms with Crippen molar-refractivity contribution in [2.75, 3.05) is 11.9 Å². The van der Waals surface area contributed by atoms with Crippen LogP contribution >= 0.6 is 0 Å². The van der Waals surface area contributed by atoms with Gasteiger partial charge in [-0.3, -0.25) is 4.79 Å². The molecule has 0 bridgehead atoms. The van der Waals surface area contributed by atoms with Crippen molar-refractivity contribution in [3.63, 3.8) is 0 Å². The van der Waals surface area contributed by atoms with E-state index in [2.05, 4.69) is 10.3 Å².